The van der Waals surface area contributed by atoms with E-state index in [9.17, 15) is 0 Å². The largest absolute Gasteiger partial charge is 0.288 e. The molecule has 0 atom stereocenters. The molecule has 0 bridgehead atoms. The van der Waals surface area contributed by atoms with Crippen molar-refractivity contribution in [3.8, 4) is 5.69 Å². The maximum atomic E-state index is 5.90. The lowest BCUT2D eigenvalue weighted by molar-refractivity contribution is 1.06. The summed E-state index contributed by atoms with van der Waals surface area (Å²) >= 11 is 17.3. The number of imidazole rings is 1. The van der Waals surface area contributed by atoms with Crippen molar-refractivity contribution < 1.29 is 0 Å². The summed E-state index contributed by atoms with van der Waals surface area (Å²) in [5, 5.41) is 1.26. The minimum Gasteiger partial charge on any atom is -0.288 e. The molecule has 0 N–H and O–H groups in total. The van der Waals surface area contributed by atoms with Gasteiger partial charge in [-0.15, -0.1) is 0 Å². The first-order valence-corrected chi connectivity index (χ1v) is 4.88. The molecule has 1 radical (unpaired) electrons. The molecule has 0 aliphatic heterocycles. The molecular weight excluding hydrogens is 242 g/mol. The first-order valence-electron chi connectivity index (χ1n) is 3.74. The van der Waals surface area contributed by atoms with E-state index in [0.29, 0.717) is 10.2 Å². The maximum Gasteiger partial charge on any atom is 0.166 e. The molecule has 0 saturated heterocycles. The van der Waals surface area contributed by atoms with Gasteiger partial charge in [-0.1, -0.05) is 34.8 Å². The quantitative estimate of drug-likeness (QED) is 0.751. The van der Waals surface area contributed by atoms with Gasteiger partial charge in [0.15, 0.2) is 10.3 Å². The zero-order valence-corrected chi connectivity index (χ0v) is 9.11. The van der Waals surface area contributed by atoms with Crippen LogP contribution >= 0.6 is 34.8 Å². The van der Waals surface area contributed by atoms with Gasteiger partial charge < -0.3 is 0 Å². The molecule has 0 saturated carbocycles. The van der Waals surface area contributed by atoms with Crippen LogP contribution in [0.3, 0.4) is 0 Å². The summed E-state index contributed by atoms with van der Waals surface area (Å²) in [5.74, 6) is 0. The lowest BCUT2D eigenvalue weighted by atomic mass is 10.3. The highest BCUT2D eigenvalue weighted by atomic mass is 35.5. The third-order valence-corrected chi connectivity index (χ3v) is 2.66. The van der Waals surface area contributed by atoms with Crippen LogP contribution in [-0.2, 0) is 0 Å². The van der Waals surface area contributed by atoms with Crippen molar-refractivity contribution in [3.63, 3.8) is 0 Å². The molecule has 1 aromatic carbocycles. The van der Waals surface area contributed by atoms with E-state index in [1.54, 1.807) is 22.8 Å². The molecule has 0 aliphatic rings. The molecule has 5 heteroatoms. The van der Waals surface area contributed by atoms with E-state index in [1.807, 2.05) is 0 Å². The fourth-order valence-electron chi connectivity index (χ4n) is 1.03. The van der Waals surface area contributed by atoms with Gasteiger partial charge in [-0.2, -0.15) is 0 Å². The molecule has 1 aromatic heterocycles. The predicted octanol–water partition coefficient (Wildman–Crippen LogP) is 3.63. The van der Waals surface area contributed by atoms with Crippen molar-refractivity contribution in [2.75, 3.05) is 0 Å². The highest BCUT2D eigenvalue weighted by Gasteiger charge is 2.07. The number of rotatable bonds is 1. The Morgan fingerprint density at radius 1 is 1.21 bits per heavy atom. The van der Waals surface area contributed by atoms with Crippen molar-refractivity contribution in [2.24, 2.45) is 0 Å². The fourth-order valence-corrected chi connectivity index (χ4v) is 1.46. The number of benzene rings is 1. The second-order valence-electron chi connectivity index (χ2n) is 2.59. The van der Waals surface area contributed by atoms with Crippen LogP contribution in [0.1, 0.15) is 0 Å². The second-order valence-corrected chi connectivity index (χ2v) is 3.74. The molecule has 1 heterocycles. The molecule has 0 spiro atoms. The smallest absolute Gasteiger partial charge is 0.166 e. The maximum absolute atomic E-state index is 5.90. The third-order valence-electron chi connectivity index (χ3n) is 1.69. The molecule has 14 heavy (non-hydrogen) atoms. The molecule has 0 unspecified atom stereocenters. The van der Waals surface area contributed by atoms with Crippen molar-refractivity contribution in [1.82, 2.24) is 9.55 Å². The molecule has 0 amide bonds. The monoisotopic (exact) mass is 245 g/mol. The standard InChI is InChI=1S/C9H4Cl3N2/c10-6-1-3-7(4-2-6)14-5-13-8(11)9(14)12/h1-3,5H. The predicted molar refractivity (Wildman–Crippen MR) is 57.4 cm³/mol. The van der Waals surface area contributed by atoms with Crippen LogP contribution in [0, 0.1) is 6.07 Å². The van der Waals surface area contributed by atoms with Gasteiger partial charge in [0, 0.05) is 11.1 Å². The number of hydrogen-bond donors (Lipinski definition) is 0. The molecule has 2 aromatic rings. The van der Waals surface area contributed by atoms with Crippen LogP contribution < -0.4 is 0 Å². The fraction of sp³-hybridized carbons (Fsp3) is 0. The normalized spacial score (nSPS) is 10.5. The Morgan fingerprint density at radius 2 is 2.00 bits per heavy atom. The van der Waals surface area contributed by atoms with Gasteiger partial charge in [-0.3, -0.25) is 4.57 Å². The van der Waals surface area contributed by atoms with Gasteiger partial charge in [0.1, 0.15) is 6.33 Å². The lowest BCUT2D eigenvalue weighted by Gasteiger charge is -2.02. The third kappa shape index (κ3) is 1.73. The number of halogens is 3. The van der Waals surface area contributed by atoms with Gasteiger partial charge in [0.25, 0.3) is 0 Å². The van der Waals surface area contributed by atoms with E-state index >= 15 is 0 Å². The second kappa shape index (κ2) is 3.81. The highest BCUT2D eigenvalue weighted by Crippen LogP contribution is 2.23. The number of nitrogens with zero attached hydrogens (tertiary/aromatic N) is 2. The van der Waals surface area contributed by atoms with Crippen molar-refractivity contribution >= 4 is 34.8 Å². The van der Waals surface area contributed by atoms with E-state index in [2.05, 4.69) is 11.1 Å². The van der Waals surface area contributed by atoms with Gasteiger partial charge >= 0.3 is 0 Å². The Hall–Kier alpha value is -0.700. The SMILES string of the molecule is Clc1c[c]c(-n2cnc(Cl)c2Cl)cc1. The summed E-state index contributed by atoms with van der Waals surface area (Å²) in [6, 6.07) is 8.14. The zero-order chi connectivity index (χ0) is 10.1. The Labute approximate surface area is 96.0 Å². The van der Waals surface area contributed by atoms with E-state index in [4.69, 9.17) is 34.8 Å². The molecule has 71 valence electrons. The Balaban J connectivity index is 2.49. The van der Waals surface area contributed by atoms with Crippen LogP contribution in [-0.4, -0.2) is 9.55 Å². The van der Waals surface area contributed by atoms with Gasteiger partial charge in [0.05, 0.1) is 5.69 Å². The number of aromatic nitrogens is 2. The molecule has 2 rings (SSSR count). The van der Waals surface area contributed by atoms with Crippen molar-refractivity contribution in [2.45, 2.75) is 0 Å². The van der Waals surface area contributed by atoms with E-state index in [0.717, 1.165) is 5.69 Å². The summed E-state index contributed by atoms with van der Waals surface area (Å²) < 4.78 is 1.63. The first kappa shape index (κ1) is 9.84. The highest BCUT2D eigenvalue weighted by molar-refractivity contribution is 6.40. The van der Waals surface area contributed by atoms with Gasteiger partial charge in [-0.05, 0) is 18.2 Å². The topological polar surface area (TPSA) is 17.8 Å². The average molecular weight is 247 g/mol. The van der Waals surface area contributed by atoms with Crippen LogP contribution in [0.15, 0.2) is 24.5 Å². The Bertz CT molecular complexity index is 448. The lowest BCUT2D eigenvalue weighted by Crippen LogP contribution is -1.91. The first-order chi connectivity index (χ1) is 6.68. The summed E-state index contributed by atoms with van der Waals surface area (Å²) in [6.45, 7) is 0. The van der Waals surface area contributed by atoms with Gasteiger partial charge in [-0.25, -0.2) is 4.98 Å². The van der Waals surface area contributed by atoms with E-state index < -0.39 is 0 Å². The van der Waals surface area contributed by atoms with Crippen molar-refractivity contribution in [3.05, 3.63) is 45.9 Å². The van der Waals surface area contributed by atoms with Crippen LogP contribution in [0.4, 0.5) is 0 Å². The minimum atomic E-state index is 0.273. The van der Waals surface area contributed by atoms with E-state index in [-0.39, 0.29) is 5.15 Å². The Morgan fingerprint density at radius 3 is 2.50 bits per heavy atom. The summed E-state index contributed by atoms with van der Waals surface area (Å²) in [6.07, 6.45) is 1.53. The molecule has 0 aliphatic carbocycles. The molecular formula is C9H4Cl3N2. The summed E-state index contributed by atoms with van der Waals surface area (Å²) in [5.41, 5.74) is 0.749. The van der Waals surface area contributed by atoms with Crippen LogP contribution in [0.5, 0.6) is 0 Å². The minimum absolute atomic E-state index is 0.273. The summed E-state index contributed by atoms with van der Waals surface area (Å²) in [4.78, 5) is 3.86. The van der Waals surface area contributed by atoms with E-state index in [1.165, 1.54) is 6.33 Å². The Kier molecular flexibility index (Phi) is 2.68. The zero-order valence-electron chi connectivity index (χ0n) is 6.84. The average Bonchev–Trinajstić information content (AvgIpc) is 2.50. The van der Waals surface area contributed by atoms with Gasteiger partial charge in [0.2, 0.25) is 0 Å². The molecule has 0 fully saturated rings. The van der Waals surface area contributed by atoms with Crippen molar-refractivity contribution in [1.29, 1.82) is 0 Å². The summed E-state index contributed by atoms with van der Waals surface area (Å²) in [7, 11) is 0. The van der Waals surface area contributed by atoms with Crippen LogP contribution in [0.25, 0.3) is 5.69 Å². The number of hydrogen-bond acceptors (Lipinski definition) is 1. The van der Waals surface area contributed by atoms with Crippen LogP contribution in [0.2, 0.25) is 15.3 Å². The molecule has 2 nitrogen and oxygen atoms in total.